The van der Waals surface area contributed by atoms with E-state index in [1.807, 2.05) is 19.3 Å². The highest BCUT2D eigenvalue weighted by Gasteiger charge is 2.21. The predicted molar refractivity (Wildman–Crippen MR) is 120 cm³/mol. The van der Waals surface area contributed by atoms with Crippen LogP contribution in [0.2, 0.25) is 0 Å². The number of guanidine groups is 1. The molecular weight excluding hydrogens is 439 g/mol. The van der Waals surface area contributed by atoms with Gasteiger partial charge in [0.1, 0.15) is 5.82 Å². The molecule has 0 spiro atoms. The van der Waals surface area contributed by atoms with Gasteiger partial charge in [0.15, 0.2) is 5.96 Å². The van der Waals surface area contributed by atoms with Crippen LogP contribution in [0, 0.1) is 5.92 Å². The fourth-order valence-electron chi connectivity index (χ4n) is 3.76. The molecule has 26 heavy (non-hydrogen) atoms. The Hall–Kier alpha value is -1.09. The van der Waals surface area contributed by atoms with Crippen molar-refractivity contribution in [3.05, 3.63) is 23.9 Å². The van der Waals surface area contributed by atoms with Crippen LogP contribution in [0.4, 0.5) is 5.82 Å². The summed E-state index contributed by atoms with van der Waals surface area (Å²) in [4.78, 5) is 16.3. The van der Waals surface area contributed by atoms with Crippen molar-refractivity contribution >= 4 is 35.8 Å². The van der Waals surface area contributed by atoms with E-state index in [2.05, 4.69) is 50.0 Å². The van der Waals surface area contributed by atoms with Crippen molar-refractivity contribution in [2.45, 2.75) is 26.3 Å². The first-order valence-corrected chi connectivity index (χ1v) is 9.50. The lowest BCUT2D eigenvalue weighted by atomic mass is 10.0. The molecule has 2 aliphatic heterocycles. The van der Waals surface area contributed by atoms with Gasteiger partial charge < -0.3 is 20.0 Å². The summed E-state index contributed by atoms with van der Waals surface area (Å²) in [6.07, 6.45) is 4.48. The van der Waals surface area contributed by atoms with E-state index in [-0.39, 0.29) is 24.0 Å². The zero-order valence-electron chi connectivity index (χ0n) is 16.3. The maximum absolute atomic E-state index is 4.67. The molecule has 0 saturated carbocycles. The Morgan fingerprint density at radius 3 is 2.73 bits per heavy atom. The van der Waals surface area contributed by atoms with Gasteiger partial charge in [0, 0.05) is 64.6 Å². The Labute approximate surface area is 175 Å². The van der Waals surface area contributed by atoms with Crippen molar-refractivity contribution in [3.63, 3.8) is 0 Å². The van der Waals surface area contributed by atoms with E-state index in [9.17, 15) is 0 Å². The lowest BCUT2D eigenvalue weighted by Crippen LogP contribution is -2.47. The lowest BCUT2D eigenvalue weighted by molar-refractivity contribution is 0.266. The number of nitrogens with zero attached hydrogens (tertiary/aromatic N) is 5. The molecule has 0 amide bonds. The number of hydrogen-bond acceptors (Lipinski definition) is 4. The first kappa shape index (κ1) is 21.2. The first-order valence-electron chi connectivity index (χ1n) is 9.50. The third-order valence-corrected chi connectivity index (χ3v) is 5.28. The summed E-state index contributed by atoms with van der Waals surface area (Å²) >= 11 is 0. The molecule has 2 aliphatic rings. The molecule has 1 aromatic rings. The number of rotatable bonds is 3. The van der Waals surface area contributed by atoms with Crippen LogP contribution in [0.5, 0.6) is 0 Å². The van der Waals surface area contributed by atoms with Crippen molar-refractivity contribution in [1.29, 1.82) is 0 Å². The minimum Gasteiger partial charge on any atom is -0.354 e. The molecule has 3 rings (SSSR count). The Balaban J connectivity index is 0.00000243. The molecule has 1 N–H and O–H groups in total. The number of likely N-dealkylation sites (N-methyl/N-ethyl adjacent to an activating group) is 1. The average molecular weight is 472 g/mol. The summed E-state index contributed by atoms with van der Waals surface area (Å²) < 4.78 is 0. The van der Waals surface area contributed by atoms with E-state index in [0.29, 0.717) is 0 Å². The highest BCUT2D eigenvalue weighted by Crippen LogP contribution is 2.19. The normalized spacial score (nSPS) is 22.1. The second-order valence-electron chi connectivity index (χ2n) is 7.37. The summed E-state index contributed by atoms with van der Waals surface area (Å²) in [6, 6.07) is 4.21. The molecular formula is C19H33IN6. The molecule has 3 heterocycles. The van der Waals surface area contributed by atoms with Crippen molar-refractivity contribution in [3.8, 4) is 0 Å². The number of likely N-dealkylation sites (tertiary alicyclic amines) is 1. The SMILES string of the molecule is CN=C(NCc1cccnc1N1CCN(C)CC1)N1CCCC(C)C1.I. The molecule has 2 fully saturated rings. The van der Waals surface area contributed by atoms with Gasteiger partial charge in [-0.1, -0.05) is 13.0 Å². The van der Waals surface area contributed by atoms with Gasteiger partial charge in [0.25, 0.3) is 0 Å². The third kappa shape index (κ3) is 5.45. The second kappa shape index (κ2) is 10.3. The number of piperazine rings is 1. The van der Waals surface area contributed by atoms with Gasteiger partial charge in [0.05, 0.1) is 0 Å². The van der Waals surface area contributed by atoms with Crippen LogP contribution in [-0.4, -0.2) is 74.1 Å². The van der Waals surface area contributed by atoms with Gasteiger partial charge in [-0.3, -0.25) is 4.99 Å². The standard InChI is InChI=1S/C19H32N6.HI/c1-16-6-5-9-25(15-16)19(20-2)22-14-17-7-4-8-21-18(17)24-12-10-23(3)11-13-24;/h4,7-8,16H,5-6,9-15H2,1-3H3,(H,20,22);1H. The summed E-state index contributed by atoms with van der Waals surface area (Å²) in [5.41, 5.74) is 1.25. The molecule has 1 aromatic heterocycles. The van der Waals surface area contributed by atoms with Crippen molar-refractivity contribution in [2.24, 2.45) is 10.9 Å². The Morgan fingerprint density at radius 1 is 1.27 bits per heavy atom. The molecule has 0 aromatic carbocycles. The van der Waals surface area contributed by atoms with Crippen LogP contribution in [0.3, 0.4) is 0 Å². The number of pyridine rings is 1. The number of hydrogen-bond donors (Lipinski definition) is 1. The van der Waals surface area contributed by atoms with Gasteiger partial charge in [-0.2, -0.15) is 0 Å². The highest BCUT2D eigenvalue weighted by molar-refractivity contribution is 14.0. The molecule has 1 atom stereocenters. The van der Waals surface area contributed by atoms with Gasteiger partial charge in [-0.05, 0) is 31.9 Å². The van der Waals surface area contributed by atoms with Crippen molar-refractivity contribution in [1.82, 2.24) is 20.1 Å². The number of piperidine rings is 1. The molecule has 0 bridgehead atoms. The summed E-state index contributed by atoms with van der Waals surface area (Å²) in [5.74, 6) is 2.87. The van der Waals surface area contributed by atoms with Gasteiger partial charge in [-0.25, -0.2) is 4.98 Å². The topological polar surface area (TPSA) is 47.0 Å². The van der Waals surface area contributed by atoms with Crippen LogP contribution in [0.15, 0.2) is 23.3 Å². The number of anilines is 1. The number of aliphatic imine (C=N–C) groups is 1. The lowest BCUT2D eigenvalue weighted by Gasteiger charge is -2.35. The number of halogens is 1. The molecule has 6 nitrogen and oxygen atoms in total. The molecule has 7 heteroatoms. The van der Waals surface area contributed by atoms with E-state index in [1.165, 1.54) is 18.4 Å². The van der Waals surface area contributed by atoms with Gasteiger partial charge in [0.2, 0.25) is 0 Å². The quantitative estimate of drug-likeness (QED) is 0.416. The first-order chi connectivity index (χ1) is 12.2. The zero-order chi connectivity index (χ0) is 17.6. The Morgan fingerprint density at radius 2 is 2.04 bits per heavy atom. The summed E-state index contributed by atoms with van der Waals surface area (Å²) in [7, 11) is 4.06. The van der Waals surface area contributed by atoms with Gasteiger partial charge >= 0.3 is 0 Å². The fourth-order valence-corrected chi connectivity index (χ4v) is 3.76. The molecule has 2 saturated heterocycles. The minimum absolute atomic E-state index is 0. The molecule has 0 aliphatic carbocycles. The van der Waals surface area contributed by atoms with Crippen LogP contribution < -0.4 is 10.2 Å². The van der Waals surface area contributed by atoms with Crippen LogP contribution in [0.1, 0.15) is 25.3 Å². The second-order valence-corrected chi connectivity index (χ2v) is 7.37. The monoisotopic (exact) mass is 472 g/mol. The maximum atomic E-state index is 4.67. The van der Waals surface area contributed by atoms with Crippen LogP contribution in [-0.2, 0) is 6.54 Å². The van der Waals surface area contributed by atoms with E-state index in [1.54, 1.807) is 0 Å². The minimum atomic E-state index is 0. The average Bonchev–Trinajstić information content (AvgIpc) is 2.63. The van der Waals surface area contributed by atoms with Crippen LogP contribution >= 0.6 is 24.0 Å². The highest BCUT2D eigenvalue weighted by atomic mass is 127. The van der Waals surface area contributed by atoms with E-state index < -0.39 is 0 Å². The largest absolute Gasteiger partial charge is 0.354 e. The number of aromatic nitrogens is 1. The van der Waals surface area contributed by atoms with E-state index in [4.69, 9.17) is 0 Å². The van der Waals surface area contributed by atoms with Crippen molar-refractivity contribution < 1.29 is 0 Å². The molecule has 1 unspecified atom stereocenters. The summed E-state index contributed by atoms with van der Waals surface area (Å²) in [5, 5.41) is 3.56. The Kier molecular flexibility index (Phi) is 8.40. The molecule has 0 radical (unpaired) electrons. The van der Waals surface area contributed by atoms with E-state index >= 15 is 0 Å². The van der Waals surface area contributed by atoms with Crippen LogP contribution in [0.25, 0.3) is 0 Å². The smallest absolute Gasteiger partial charge is 0.193 e. The Bertz CT molecular complexity index is 585. The number of nitrogens with one attached hydrogen (secondary N) is 1. The predicted octanol–water partition coefficient (Wildman–Crippen LogP) is 2.26. The fraction of sp³-hybridized carbons (Fsp3) is 0.684. The van der Waals surface area contributed by atoms with Gasteiger partial charge in [-0.15, -0.1) is 24.0 Å². The summed E-state index contributed by atoms with van der Waals surface area (Å²) in [6.45, 7) is 9.56. The zero-order valence-corrected chi connectivity index (χ0v) is 18.6. The molecule has 146 valence electrons. The van der Waals surface area contributed by atoms with E-state index in [0.717, 1.165) is 63.5 Å². The van der Waals surface area contributed by atoms with Crippen molar-refractivity contribution in [2.75, 3.05) is 58.3 Å². The maximum Gasteiger partial charge on any atom is 0.193 e. The third-order valence-electron chi connectivity index (χ3n) is 5.28.